The fraction of sp³-hybridized carbons (Fsp3) is 0.440. The van der Waals surface area contributed by atoms with E-state index in [1.54, 1.807) is 43.2 Å². The quantitative estimate of drug-likeness (QED) is 0.445. The normalized spacial score (nSPS) is 16.1. The van der Waals surface area contributed by atoms with Gasteiger partial charge in [-0.2, -0.15) is 5.10 Å². The summed E-state index contributed by atoms with van der Waals surface area (Å²) >= 11 is 0. The van der Waals surface area contributed by atoms with E-state index in [4.69, 9.17) is 14.5 Å². The average Bonchev–Trinajstić information content (AvgIpc) is 3.26. The molecule has 1 aliphatic rings. The van der Waals surface area contributed by atoms with Crippen molar-refractivity contribution in [3.63, 3.8) is 0 Å². The van der Waals surface area contributed by atoms with Gasteiger partial charge in [-0.3, -0.25) is 14.5 Å². The van der Waals surface area contributed by atoms with Crippen molar-refractivity contribution in [3.8, 4) is 11.5 Å². The van der Waals surface area contributed by atoms with E-state index in [2.05, 4.69) is 20.3 Å². The second-order valence-electron chi connectivity index (χ2n) is 9.18. The Hall–Kier alpha value is -3.82. The number of piperidine rings is 1. The van der Waals surface area contributed by atoms with Gasteiger partial charge in [0, 0.05) is 18.8 Å². The predicted octanol–water partition coefficient (Wildman–Crippen LogP) is 3.97. The molecule has 1 atom stereocenters. The fourth-order valence-corrected chi connectivity index (χ4v) is 3.93. The minimum atomic E-state index is -0.918. The summed E-state index contributed by atoms with van der Waals surface area (Å²) in [5.41, 5.74) is -0.918. The van der Waals surface area contributed by atoms with Crippen molar-refractivity contribution in [2.45, 2.75) is 46.3 Å². The molecule has 2 N–H and O–H groups in total. The monoisotopic (exact) mass is 480 g/mol. The number of nitrogens with one attached hydrogen (secondary N) is 1. The minimum Gasteiger partial charge on any atom is -0.490 e. The number of rotatable bonds is 10. The van der Waals surface area contributed by atoms with Crippen molar-refractivity contribution in [1.82, 2.24) is 19.7 Å². The van der Waals surface area contributed by atoms with Crippen molar-refractivity contribution in [2.75, 3.05) is 29.9 Å². The summed E-state index contributed by atoms with van der Waals surface area (Å²) in [6.07, 6.45) is 7.07. The molecule has 10 nitrogen and oxygen atoms in total. The van der Waals surface area contributed by atoms with Crippen molar-refractivity contribution in [3.05, 3.63) is 48.9 Å². The van der Waals surface area contributed by atoms with Gasteiger partial charge < -0.3 is 24.8 Å². The van der Waals surface area contributed by atoms with E-state index in [9.17, 15) is 9.90 Å². The third kappa shape index (κ3) is 6.20. The largest absolute Gasteiger partial charge is 0.490 e. The first-order chi connectivity index (χ1) is 16.8. The molecule has 3 heterocycles. The second-order valence-corrected chi connectivity index (χ2v) is 9.18. The molecule has 35 heavy (non-hydrogen) atoms. The molecule has 0 spiro atoms. The van der Waals surface area contributed by atoms with Crippen LogP contribution in [0.3, 0.4) is 0 Å². The Bertz CT molecular complexity index is 1150. The molecule has 1 fully saturated rings. The molecule has 1 aromatic carbocycles. The van der Waals surface area contributed by atoms with Crippen molar-refractivity contribution in [1.29, 1.82) is 0 Å². The van der Waals surface area contributed by atoms with E-state index >= 15 is 0 Å². The number of anilines is 3. The SMILES string of the molecule is CCOc1ccccc1OC1CCCN(c2cncc(Nc3ccn(CC(C)(C)C(=O)O)n3)n2)C1. The number of nitrogens with zero attached hydrogens (tertiary/aromatic N) is 5. The Morgan fingerprint density at radius 1 is 1.20 bits per heavy atom. The first-order valence-electron chi connectivity index (χ1n) is 11.8. The molecular formula is C25H32N6O4. The van der Waals surface area contributed by atoms with E-state index in [1.165, 1.54) is 0 Å². The van der Waals surface area contributed by atoms with Gasteiger partial charge in [-0.15, -0.1) is 0 Å². The summed E-state index contributed by atoms with van der Waals surface area (Å²) in [6, 6.07) is 9.53. The van der Waals surface area contributed by atoms with Crippen LogP contribution in [0.15, 0.2) is 48.9 Å². The summed E-state index contributed by atoms with van der Waals surface area (Å²) in [5.74, 6) is 2.53. The third-order valence-corrected chi connectivity index (χ3v) is 5.80. The zero-order valence-electron chi connectivity index (χ0n) is 20.3. The molecule has 1 saturated heterocycles. The third-order valence-electron chi connectivity index (χ3n) is 5.80. The van der Waals surface area contributed by atoms with Crippen LogP contribution in [0.5, 0.6) is 11.5 Å². The van der Waals surface area contributed by atoms with Gasteiger partial charge >= 0.3 is 5.97 Å². The lowest BCUT2D eigenvalue weighted by molar-refractivity contribution is -0.147. The Balaban J connectivity index is 1.40. The molecule has 0 amide bonds. The van der Waals surface area contributed by atoms with Gasteiger partial charge in [-0.1, -0.05) is 12.1 Å². The van der Waals surface area contributed by atoms with Crippen molar-refractivity contribution >= 4 is 23.4 Å². The van der Waals surface area contributed by atoms with E-state index in [1.807, 2.05) is 31.2 Å². The number of hydrogen-bond acceptors (Lipinski definition) is 8. The summed E-state index contributed by atoms with van der Waals surface area (Å²) in [6.45, 7) is 7.70. The smallest absolute Gasteiger partial charge is 0.310 e. The zero-order valence-corrected chi connectivity index (χ0v) is 20.3. The van der Waals surface area contributed by atoms with Gasteiger partial charge in [0.1, 0.15) is 11.9 Å². The molecule has 1 aliphatic heterocycles. The van der Waals surface area contributed by atoms with Crippen molar-refractivity contribution < 1.29 is 19.4 Å². The molecule has 0 bridgehead atoms. The Kier molecular flexibility index (Phi) is 7.38. The minimum absolute atomic E-state index is 0.0112. The van der Waals surface area contributed by atoms with E-state index < -0.39 is 11.4 Å². The van der Waals surface area contributed by atoms with Gasteiger partial charge in [0.05, 0.1) is 37.5 Å². The van der Waals surface area contributed by atoms with Crippen molar-refractivity contribution in [2.24, 2.45) is 5.41 Å². The number of para-hydroxylation sites is 2. The van der Waals surface area contributed by atoms with E-state index in [-0.39, 0.29) is 12.6 Å². The fourth-order valence-electron chi connectivity index (χ4n) is 3.93. The first kappa shape index (κ1) is 24.3. The van der Waals surface area contributed by atoms with Gasteiger partial charge in [0.15, 0.2) is 23.1 Å². The highest BCUT2D eigenvalue weighted by molar-refractivity contribution is 5.73. The standard InChI is InChI=1S/C25H32N6O4/c1-4-34-19-9-5-6-10-20(19)35-18-8-7-12-30(16-18)23-15-26-14-22(28-23)27-21-11-13-31(29-21)17-25(2,3)24(32)33/h5-6,9-11,13-15,18H,4,7-8,12,16-17H2,1-3H3,(H,32,33)(H,27,28,29). The Morgan fingerprint density at radius 2 is 2.00 bits per heavy atom. The van der Waals surface area contributed by atoms with Gasteiger partial charge in [-0.25, -0.2) is 4.98 Å². The molecule has 0 aliphatic carbocycles. The molecule has 0 radical (unpaired) electrons. The lowest BCUT2D eigenvalue weighted by atomic mass is 9.94. The van der Waals surface area contributed by atoms with Crippen LogP contribution in [0, 0.1) is 5.41 Å². The van der Waals surface area contributed by atoms with Crippen LogP contribution in [0.1, 0.15) is 33.6 Å². The average molecular weight is 481 g/mol. The number of carboxylic acid groups (broad SMARTS) is 1. The van der Waals surface area contributed by atoms with Crippen LogP contribution < -0.4 is 19.7 Å². The van der Waals surface area contributed by atoms with Crippen LogP contribution in [0.25, 0.3) is 0 Å². The Labute approximate surface area is 204 Å². The van der Waals surface area contributed by atoms with Gasteiger partial charge in [0.25, 0.3) is 0 Å². The summed E-state index contributed by atoms with van der Waals surface area (Å²) in [4.78, 5) is 22.6. The highest BCUT2D eigenvalue weighted by atomic mass is 16.5. The maximum Gasteiger partial charge on any atom is 0.310 e. The maximum absolute atomic E-state index is 11.4. The second kappa shape index (κ2) is 10.6. The van der Waals surface area contributed by atoms with Gasteiger partial charge in [0.2, 0.25) is 0 Å². The number of aliphatic carboxylic acids is 1. The van der Waals surface area contributed by atoms with Crippen LogP contribution in [0.2, 0.25) is 0 Å². The molecule has 0 saturated carbocycles. The van der Waals surface area contributed by atoms with Crippen LogP contribution >= 0.6 is 0 Å². The summed E-state index contributed by atoms with van der Waals surface area (Å²) < 4.78 is 13.6. The number of carbonyl (C=O) groups is 1. The predicted molar refractivity (Wildman–Crippen MR) is 132 cm³/mol. The number of benzene rings is 1. The zero-order chi connectivity index (χ0) is 24.8. The Morgan fingerprint density at radius 3 is 2.77 bits per heavy atom. The molecular weight excluding hydrogens is 448 g/mol. The molecule has 1 unspecified atom stereocenters. The highest BCUT2D eigenvalue weighted by Crippen LogP contribution is 2.30. The van der Waals surface area contributed by atoms with E-state index in [0.29, 0.717) is 24.8 Å². The maximum atomic E-state index is 11.4. The number of hydrogen-bond donors (Lipinski definition) is 2. The van der Waals surface area contributed by atoms with Crippen LogP contribution in [-0.4, -0.2) is 56.6 Å². The molecule has 4 rings (SSSR count). The molecule has 186 valence electrons. The molecule has 2 aromatic heterocycles. The lowest BCUT2D eigenvalue weighted by Crippen LogP contribution is -2.41. The number of ether oxygens (including phenoxy) is 2. The number of aromatic nitrogens is 4. The highest BCUT2D eigenvalue weighted by Gasteiger charge is 2.28. The van der Waals surface area contributed by atoms with Crippen LogP contribution in [-0.2, 0) is 11.3 Å². The topological polar surface area (TPSA) is 115 Å². The van der Waals surface area contributed by atoms with E-state index in [0.717, 1.165) is 36.7 Å². The first-order valence-corrected chi connectivity index (χ1v) is 11.8. The van der Waals surface area contributed by atoms with Crippen LogP contribution in [0.4, 0.5) is 17.5 Å². The number of carboxylic acids is 1. The van der Waals surface area contributed by atoms with Gasteiger partial charge in [-0.05, 0) is 45.7 Å². The summed E-state index contributed by atoms with van der Waals surface area (Å²) in [5, 5.41) is 16.9. The lowest BCUT2D eigenvalue weighted by Gasteiger charge is -2.33. The molecule has 10 heteroatoms. The summed E-state index contributed by atoms with van der Waals surface area (Å²) in [7, 11) is 0. The molecule has 3 aromatic rings.